The first-order chi connectivity index (χ1) is 8.46. The Labute approximate surface area is 112 Å². The van der Waals surface area contributed by atoms with Crippen molar-refractivity contribution < 1.29 is 9.90 Å². The van der Waals surface area contributed by atoms with Crippen molar-refractivity contribution in [2.24, 2.45) is 0 Å². The van der Waals surface area contributed by atoms with Crippen molar-refractivity contribution in [3.8, 4) is 0 Å². The normalized spacial score (nSPS) is 23.8. The molecule has 1 unspecified atom stereocenters. The van der Waals surface area contributed by atoms with E-state index in [1.54, 1.807) is 30.0 Å². The zero-order valence-electron chi connectivity index (χ0n) is 10.3. The summed E-state index contributed by atoms with van der Waals surface area (Å²) in [6, 6.07) is 7.28. The molecule has 2 rings (SSSR count). The third kappa shape index (κ3) is 3.34. The third-order valence-electron chi connectivity index (χ3n) is 3.05. The summed E-state index contributed by atoms with van der Waals surface area (Å²) >= 11 is 5.78. The quantitative estimate of drug-likeness (QED) is 0.834. The fraction of sp³-hybridized carbons (Fsp3) is 0.357. The van der Waals surface area contributed by atoms with Crippen molar-refractivity contribution in [1.82, 2.24) is 4.90 Å². The summed E-state index contributed by atoms with van der Waals surface area (Å²) in [5, 5.41) is 10.5. The maximum atomic E-state index is 11.9. The predicted octanol–water partition coefficient (Wildman–Crippen LogP) is 2.34. The van der Waals surface area contributed by atoms with Gasteiger partial charge < -0.3 is 10.0 Å². The van der Waals surface area contributed by atoms with Crippen molar-refractivity contribution in [3.05, 3.63) is 40.9 Å². The number of carbonyl (C=O) groups is 1. The van der Waals surface area contributed by atoms with Gasteiger partial charge in [-0.05, 0) is 37.1 Å². The lowest BCUT2D eigenvalue weighted by Gasteiger charge is -2.17. The Morgan fingerprint density at radius 1 is 1.44 bits per heavy atom. The third-order valence-corrected chi connectivity index (χ3v) is 3.30. The molecule has 0 aromatic heterocycles. The number of hydrogen-bond donors (Lipinski definition) is 1. The molecule has 0 radical (unpaired) electrons. The van der Waals surface area contributed by atoms with Crippen LogP contribution in [0.2, 0.25) is 5.02 Å². The second-order valence-electron chi connectivity index (χ2n) is 4.89. The van der Waals surface area contributed by atoms with Gasteiger partial charge in [0.1, 0.15) is 0 Å². The summed E-state index contributed by atoms with van der Waals surface area (Å²) in [7, 11) is 0. The molecule has 4 heteroatoms. The molecular weight excluding hydrogens is 250 g/mol. The molecule has 1 atom stereocenters. The zero-order chi connectivity index (χ0) is 13.2. The van der Waals surface area contributed by atoms with E-state index in [0.29, 0.717) is 24.5 Å². The van der Waals surface area contributed by atoms with E-state index < -0.39 is 5.60 Å². The number of benzene rings is 1. The Morgan fingerprint density at radius 3 is 2.67 bits per heavy atom. The van der Waals surface area contributed by atoms with Gasteiger partial charge in [-0.1, -0.05) is 23.7 Å². The average Bonchev–Trinajstić information content (AvgIpc) is 2.69. The van der Waals surface area contributed by atoms with Crippen LogP contribution in [0.1, 0.15) is 18.9 Å². The number of likely N-dealkylation sites (tertiary alicyclic amines) is 1. The van der Waals surface area contributed by atoms with Gasteiger partial charge in [0.25, 0.3) is 0 Å². The minimum atomic E-state index is -0.746. The molecule has 1 aliphatic heterocycles. The fourth-order valence-electron chi connectivity index (χ4n) is 1.98. The van der Waals surface area contributed by atoms with Crippen LogP contribution in [0.5, 0.6) is 0 Å². The number of carbonyl (C=O) groups excluding carboxylic acids is 1. The number of nitrogens with zero attached hydrogens (tertiary/aromatic N) is 1. The van der Waals surface area contributed by atoms with E-state index >= 15 is 0 Å². The molecule has 1 aromatic carbocycles. The summed E-state index contributed by atoms with van der Waals surface area (Å²) < 4.78 is 0. The van der Waals surface area contributed by atoms with Crippen LogP contribution < -0.4 is 0 Å². The van der Waals surface area contributed by atoms with Crippen LogP contribution in [-0.2, 0) is 4.79 Å². The summed E-state index contributed by atoms with van der Waals surface area (Å²) in [6.45, 7) is 2.76. The van der Waals surface area contributed by atoms with E-state index in [4.69, 9.17) is 11.6 Å². The van der Waals surface area contributed by atoms with Crippen LogP contribution in [-0.4, -0.2) is 34.6 Å². The minimum absolute atomic E-state index is 0.0669. The van der Waals surface area contributed by atoms with Crippen LogP contribution in [0, 0.1) is 0 Å². The van der Waals surface area contributed by atoms with Gasteiger partial charge in [-0.15, -0.1) is 0 Å². The van der Waals surface area contributed by atoms with E-state index in [9.17, 15) is 9.90 Å². The van der Waals surface area contributed by atoms with Gasteiger partial charge in [0.15, 0.2) is 0 Å². The summed E-state index contributed by atoms with van der Waals surface area (Å²) in [5.74, 6) is -0.0669. The molecule has 0 bridgehead atoms. The Hall–Kier alpha value is -1.32. The highest BCUT2D eigenvalue weighted by atomic mass is 35.5. The summed E-state index contributed by atoms with van der Waals surface area (Å²) in [5.41, 5.74) is 0.183. The molecule has 18 heavy (non-hydrogen) atoms. The molecule has 0 aliphatic carbocycles. The molecule has 0 spiro atoms. The molecule has 1 fully saturated rings. The first-order valence-corrected chi connectivity index (χ1v) is 6.29. The topological polar surface area (TPSA) is 40.5 Å². The SMILES string of the molecule is CC1(O)CCN(C(=O)/C=C/c2ccc(Cl)cc2)C1. The van der Waals surface area contributed by atoms with Crippen LogP contribution in [0.3, 0.4) is 0 Å². The highest BCUT2D eigenvalue weighted by Crippen LogP contribution is 2.20. The first kappa shape index (κ1) is 13.1. The number of aliphatic hydroxyl groups is 1. The maximum Gasteiger partial charge on any atom is 0.246 e. The Kier molecular flexibility index (Phi) is 3.73. The van der Waals surface area contributed by atoms with E-state index in [1.807, 2.05) is 12.1 Å². The molecule has 1 aromatic rings. The van der Waals surface area contributed by atoms with Gasteiger partial charge in [0.05, 0.1) is 5.60 Å². The Balaban J connectivity index is 1.97. The first-order valence-electron chi connectivity index (χ1n) is 5.91. The van der Waals surface area contributed by atoms with Crippen molar-refractivity contribution in [1.29, 1.82) is 0 Å². The number of β-amino-alcohol motifs (C(OH)–C–C–N with tert-alkyl or cyclic N) is 1. The lowest BCUT2D eigenvalue weighted by Crippen LogP contribution is -2.32. The maximum absolute atomic E-state index is 11.9. The highest BCUT2D eigenvalue weighted by Gasteiger charge is 2.32. The van der Waals surface area contributed by atoms with Crippen LogP contribution >= 0.6 is 11.6 Å². The number of amides is 1. The standard InChI is InChI=1S/C14H16ClNO2/c1-14(18)8-9-16(10-14)13(17)7-4-11-2-5-12(15)6-3-11/h2-7,18H,8-10H2,1H3/b7-4+. The molecule has 3 nitrogen and oxygen atoms in total. The smallest absolute Gasteiger partial charge is 0.246 e. The van der Waals surface area contributed by atoms with Gasteiger partial charge in [-0.25, -0.2) is 0 Å². The minimum Gasteiger partial charge on any atom is -0.388 e. The van der Waals surface area contributed by atoms with Crippen molar-refractivity contribution >= 4 is 23.6 Å². The lowest BCUT2D eigenvalue weighted by atomic mass is 10.1. The largest absolute Gasteiger partial charge is 0.388 e. The zero-order valence-corrected chi connectivity index (χ0v) is 11.0. The molecule has 1 amide bonds. The fourth-order valence-corrected chi connectivity index (χ4v) is 2.11. The molecule has 96 valence electrons. The summed E-state index contributed by atoms with van der Waals surface area (Å²) in [4.78, 5) is 13.5. The van der Waals surface area contributed by atoms with Crippen molar-refractivity contribution in [3.63, 3.8) is 0 Å². The van der Waals surface area contributed by atoms with Gasteiger partial charge >= 0.3 is 0 Å². The molecule has 1 aliphatic rings. The van der Waals surface area contributed by atoms with Crippen molar-refractivity contribution in [2.45, 2.75) is 18.9 Å². The molecule has 0 saturated carbocycles. The molecule has 1 N–H and O–H groups in total. The van der Waals surface area contributed by atoms with Gasteiger partial charge in [-0.3, -0.25) is 4.79 Å². The van der Waals surface area contributed by atoms with E-state index in [1.165, 1.54) is 6.08 Å². The van der Waals surface area contributed by atoms with Crippen molar-refractivity contribution in [2.75, 3.05) is 13.1 Å². The monoisotopic (exact) mass is 265 g/mol. The van der Waals surface area contributed by atoms with E-state index in [-0.39, 0.29) is 5.91 Å². The second-order valence-corrected chi connectivity index (χ2v) is 5.33. The van der Waals surface area contributed by atoms with Gasteiger partial charge in [-0.2, -0.15) is 0 Å². The van der Waals surface area contributed by atoms with Gasteiger partial charge in [0, 0.05) is 24.2 Å². The van der Waals surface area contributed by atoms with Crippen LogP contribution in [0.4, 0.5) is 0 Å². The molecule has 1 saturated heterocycles. The second kappa shape index (κ2) is 5.12. The van der Waals surface area contributed by atoms with Crippen LogP contribution in [0.15, 0.2) is 30.3 Å². The number of rotatable bonds is 2. The predicted molar refractivity (Wildman–Crippen MR) is 72.3 cm³/mol. The lowest BCUT2D eigenvalue weighted by molar-refractivity contribution is -0.125. The number of hydrogen-bond acceptors (Lipinski definition) is 2. The van der Waals surface area contributed by atoms with E-state index in [2.05, 4.69) is 0 Å². The van der Waals surface area contributed by atoms with E-state index in [0.717, 1.165) is 5.56 Å². The summed E-state index contributed by atoms with van der Waals surface area (Å²) in [6.07, 6.45) is 3.92. The molecular formula is C14H16ClNO2. The Morgan fingerprint density at radius 2 is 2.11 bits per heavy atom. The average molecular weight is 266 g/mol. The van der Waals surface area contributed by atoms with Gasteiger partial charge in [0.2, 0.25) is 5.91 Å². The number of halogens is 1. The molecule has 1 heterocycles. The Bertz CT molecular complexity index is 465. The van der Waals surface area contributed by atoms with Crippen LogP contribution in [0.25, 0.3) is 6.08 Å². The highest BCUT2D eigenvalue weighted by molar-refractivity contribution is 6.30.